The summed E-state index contributed by atoms with van der Waals surface area (Å²) in [5.74, 6) is 0.586. The molecule has 1 fully saturated rings. The highest BCUT2D eigenvalue weighted by atomic mass is 16.3. The van der Waals surface area contributed by atoms with E-state index >= 15 is 0 Å². The van der Waals surface area contributed by atoms with E-state index in [0.29, 0.717) is 24.6 Å². The van der Waals surface area contributed by atoms with Crippen molar-refractivity contribution in [3.05, 3.63) is 0 Å². The molecule has 0 spiro atoms. The Labute approximate surface area is 93.9 Å². The summed E-state index contributed by atoms with van der Waals surface area (Å²) >= 11 is 0. The lowest BCUT2D eigenvalue weighted by molar-refractivity contribution is 0.252. The van der Waals surface area contributed by atoms with Crippen molar-refractivity contribution in [1.82, 2.24) is 10.2 Å². The van der Waals surface area contributed by atoms with Crippen LogP contribution in [0.3, 0.4) is 0 Å². The Balaban J connectivity index is 2.13. The average molecular weight is 214 g/mol. The first-order valence-corrected chi connectivity index (χ1v) is 6.21. The minimum atomic E-state index is 0.311. The van der Waals surface area contributed by atoms with Gasteiger partial charge in [-0.05, 0) is 45.7 Å². The molecule has 2 atom stereocenters. The molecule has 0 saturated carbocycles. The zero-order valence-electron chi connectivity index (χ0n) is 10.4. The first-order valence-electron chi connectivity index (χ1n) is 6.21. The molecule has 3 nitrogen and oxygen atoms in total. The van der Waals surface area contributed by atoms with Gasteiger partial charge in [0.1, 0.15) is 0 Å². The van der Waals surface area contributed by atoms with Gasteiger partial charge in [-0.1, -0.05) is 6.92 Å². The fraction of sp³-hybridized carbons (Fsp3) is 1.00. The second kappa shape index (κ2) is 6.46. The molecule has 0 aliphatic carbocycles. The van der Waals surface area contributed by atoms with Crippen molar-refractivity contribution in [1.29, 1.82) is 0 Å². The summed E-state index contributed by atoms with van der Waals surface area (Å²) in [6.07, 6.45) is 2.18. The van der Waals surface area contributed by atoms with Crippen molar-refractivity contribution in [3.8, 4) is 0 Å². The second-order valence-corrected chi connectivity index (χ2v) is 5.10. The van der Waals surface area contributed by atoms with Crippen molar-refractivity contribution < 1.29 is 5.11 Å². The molecule has 90 valence electrons. The zero-order valence-corrected chi connectivity index (χ0v) is 10.4. The van der Waals surface area contributed by atoms with Gasteiger partial charge in [-0.2, -0.15) is 0 Å². The predicted octanol–water partition coefficient (Wildman–Crippen LogP) is 1.08. The van der Waals surface area contributed by atoms with Crippen molar-refractivity contribution in [2.24, 2.45) is 5.92 Å². The summed E-state index contributed by atoms with van der Waals surface area (Å²) in [6.45, 7) is 10.5. The van der Waals surface area contributed by atoms with E-state index in [2.05, 4.69) is 31.0 Å². The molecule has 15 heavy (non-hydrogen) atoms. The monoisotopic (exact) mass is 214 g/mol. The number of aliphatic hydroxyl groups is 1. The average Bonchev–Trinajstić information content (AvgIpc) is 2.63. The molecule has 0 radical (unpaired) electrons. The summed E-state index contributed by atoms with van der Waals surface area (Å²) in [5, 5.41) is 12.4. The predicted molar refractivity (Wildman–Crippen MR) is 64.0 cm³/mol. The van der Waals surface area contributed by atoms with Crippen molar-refractivity contribution in [2.45, 2.75) is 45.7 Å². The first kappa shape index (κ1) is 12.9. The highest BCUT2D eigenvalue weighted by Crippen LogP contribution is 2.12. The molecular formula is C12H26N2O. The van der Waals surface area contributed by atoms with Gasteiger partial charge in [0.2, 0.25) is 0 Å². The molecule has 0 amide bonds. The molecule has 0 aromatic rings. The smallest absolute Gasteiger partial charge is 0.0434 e. The Morgan fingerprint density at radius 2 is 2.13 bits per heavy atom. The Morgan fingerprint density at radius 3 is 2.67 bits per heavy atom. The standard InChI is InChI=1S/C12H26N2O/c1-10(2)14-6-4-12(9-14)13-8-11(3)5-7-15/h10-13,15H,4-9H2,1-3H3. The van der Waals surface area contributed by atoms with E-state index in [1.165, 1.54) is 19.5 Å². The third-order valence-electron chi connectivity index (χ3n) is 3.33. The van der Waals surface area contributed by atoms with E-state index in [0.717, 1.165) is 13.0 Å². The number of rotatable bonds is 6. The maximum Gasteiger partial charge on any atom is 0.0434 e. The summed E-state index contributed by atoms with van der Waals surface area (Å²) in [5.41, 5.74) is 0. The molecule has 3 heteroatoms. The van der Waals surface area contributed by atoms with Gasteiger partial charge < -0.3 is 10.4 Å². The van der Waals surface area contributed by atoms with Crippen LogP contribution in [0.15, 0.2) is 0 Å². The van der Waals surface area contributed by atoms with E-state index in [9.17, 15) is 0 Å². The largest absolute Gasteiger partial charge is 0.396 e. The molecule has 2 unspecified atom stereocenters. The Hall–Kier alpha value is -0.120. The van der Waals surface area contributed by atoms with Crippen LogP contribution in [0.2, 0.25) is 0 Å². The highest BCUT2D eigenvalue weighted by molar-refractivity contribution is 4.82. The Bertz CT molecular complexity index is 173. The van der Waals surface area contributed by atoms with Crippen LogP contribution in [0, 0.1) is 5.92 Å². The maximum atomic E-state index is 8.81. The van der Waals surface area contributed by atoms with E-state index in [-0.39, 0.29) is 0 Å². The van der Waals surface area contributed by atoms with Crippen LogP contribution < -0.4 is 5.32 Å². The van der Waals surface area contributed by atoms with Gasteiger partial charge in [0, 0.05) is 25.2 Å². The molecule has 0 bridgehead atoms. The van der Waals surface area contributed by atoms with Crippen molar-refractivity contribution >= 4 is 0 Å². The number of aliphatic hydroxyl groups excluding tert-OH is 1. The van der Waals surface area contributed by atoms with Gasteiger partial charge in [-0.25, -0.2) is 0 Å². The molecular weight excluding hydrogens is 188 g/mol. The molecule has 1 rings (SSSR count). The molecule has 0 aromatic carbocycles. The van der Waals surface area contributed by atoms with Gasteiger partial charge in [0.25, 0.3) is 0 Å². The van der Waals surface area contributed by atoms with Crippen LogP contribution >= 0.6 is 0 Å². The van der Waals surface area contributed by atoms with Gasteiger partial charge in [-0.15, -0.1) is 0 Å². The van der Waals surface area contributed by atoms with Crippen LogP contribution in [-0.4, -0.2) is 48.3 Å². The maximum absolute atomic E-state index is 8.81. The minimum Gasteiger partial charge on any atom is -0.396 e. The van der Waals surface area contributed by atoms with Crippen LogP contribution in [-0.2, 0) is 0 Å². The van der Waals surface area contributed by atoms with E-state index in [4.69, 9.17) is 5.11 Å². The summed E-state index contributed by atoms with van der Waals surface area (Å²) in [7, 11) is 0. The summed E-state index contributed by atoms with van der Waals surface area (Å²) in [6, 6.07) is 1.33. The lowest BCUT2D eigenvalue weighted by Crippen LogP contribution is -2.37. The van der Waals surface area contributed by atoms with Gasteiger partial charge in [-0.3, -0.25) is 4.90 Å². The zero-order chi connectivity index (χ0) is 11.3. The Kier molecular flexibility index (Phi) is 5.58. The van der Waals surface area contributed by atoms with Gasteiger partial charge in [0.15, 0.2) is 0 Å². The minimum absolute atomic E-state index is 0.311. The van der Waals surface area contributed by atoms with E-state index in [1.54, 1.807) is 0 Å². The SMILES string of the molecule is CC(CCO)CNC1CCN(C(C)C)C1. The topological polar surface area (TPSA) is 35.5 Å². The fourth-order valence-electron chi connectivity index (χ4n) is 2.11. The summed E-state index contributed by atoms with van der Waals surface area (Å²) < 4.78 is 0. The quantitative estimate of drug-likeness (QED) is 0.694. The fourth-order valence-corrected chi connectivity index (χ4v) is 2.11. The lowest BCUT2D eigenvalue weighted by atomic mass is 10.1. The number of hydrogen-bond acceptors (Lipinski definition) is 3. The van der Waals surface area contributed by atoms with Crippen LogP contribution in [0.1, 0.15) is 33.6 Å². The van der Waals surface area contributed by atoms with Gasteiger partial charge >= 0.3 is 0 Å². The number of likely N-dealkylation sites (tertiary alicyclic amines) is 1. The molecule has 1 aliphatic rings. The van der Waals surface area contributed by atoms with E-state index < -0.39 is 0 Å². The molecule has 0 aromatic heterocycles. The van der Waals surface area contributed by atoms with E-state index in [1.807, 2.05) is 0 Å². The first-order chi connectivity index (χ1) is 7.13. The third kappa shape index (κ3) is 4.49. The highest BCUT2D eigenvalue weighted by Gasteiger charge is 2.23. The van der Waals surface area contributed by atoms with Gasteiger partial charge in [0.05, 0.1) is 0 Å². The van der Waals surface area contributed by atoms with Crippen LogP contribution in [0.5, 0.6) is 0 Å². The molecule has 1 saturated heterocycles. The normalized spacial score (nSPS) is 25.0. The van der Waals surface area contributed by atoms with Crippen molar-refractivity contribution in [3.63, 3.8) is 0 Å². The molecule has 1 aliphatic heterocycles. The lowest BCUT2D eigenvalue weighted by Gasteiger charge is -2.21. The molecule has 1 heterocycles. The third-order valence-corrected chi connectivity index (χ3v) is 3.33. The van der Waals surface area contributed by atoms with Crippen LogP contribution in [0.4, 0.5) is 0 Å². The number of hydrogen-bond donors (Lipinski definition) is 2. The second-order valence-electron chi connectivity index (χ2n) is 5.10. The number of nitrogens with zero attached hydrogens (tertiary/aromatic N) is 1. The van der Waals surface area contributed by atoms with Crippen LogP contribution in [0.25, 0.3) is 0 Å². The van der Waals surface area contributed by atoms with Crippen molar-refractivity contribution in [2.75, 3.05) is 26.2 Å². The molecule has 2 N–H and O–H groups in total. The summed E-state index contributed by atoms with van der Waals surface area (Å²) in [4.78, 5) is 2.52. The Morgan fingerprint density at radius 1 is 1.40 bits per heavy atom. The number of nitrogens with one attached hydrogen (secondary N) is 1.